The minimum absolute atomic E-state index is 0.0133. The van der Waals surface area contributed by atoms with E-state index in [1.807, 2.05) is 19.0 Å². The Labute approximate surface area is 175 Å². The van der Waals surface area contributed by atoms with Crippen LogP contribution in [0.3, 0.4) is 0 Å². The van der Waals surface area contributed by atoms with Crippen LogP contribution in [0, 0.1) is 10.1 Å². The molecule has 0 radical (unpaired) electrons. The predicted molar refractivity (Wildman–Crippen MR) is 114 cm³/mol. The number of carbonyl (C=O) groups is 1. The summed E-state index contributed by atoms with van der Waals surface area (Å²) in [5.41, 5.74) is 2.00. The van der Waals surface area contributed by atoms with Crippen LogP contribution in [0.4, 0.5) is 11.4 Å². The van der Waals surface area contributed by atoms with Gasteiger partial charge in [0.15, 0.2) is 0 Å². The molecule has 1 fully saturated rings. The maximum absolute atomic E-state index is 12.7. The van der Waals surface area contributed by atoms with E-state index in [4.69, 9.17) is 11.6 Å². The van der Waals surface area contributed by atoms with Crippen molar-refractivity contribution in [1.82, 2.24) is 5.32 Å². The van der Waals surface area contributed by atoms with E-state index in [2.05, 4.69) is 29.6 Å². The number of nitro benzene ring substituents is 1. The normalized spacial score (nSPS) is 15.1. The first kappa shape index (κ1) is 21.1. The molecule has 0 unspecified atom stereocenters. The van der Waals surface area contributed by atoms with Crippen LogP contribution in [0.15, 0.2) is 42.5 Å². The summed E-state index contributed by atoms with van der Waals surface area (Å²) >= 11 is 5.96. The second-order valence-electron chi connectivity index (χ2n) is 7.53. The summed E-state index contributed by atoms with van der Waals surface area (Å²) < 4.78 is 0. The van der Waals surface area contributed by atoms with E-state index >= 15 is 0 Å². The standard InChI is InChI=1S/C21H25ClN4O3/c1-24(2)17-8-5-15(6-9-17)20(25-11-3-4-12-25)14-23-21(27)18-13-16(22)7-10-19(18)26(28)29/h5-10,13,20H,3-4,11-12,14H2,1-2H3,(H,23,27)/p+1/t20-/m1/s1. The number of anilines is 1. The van der Waals surface area contributed by atoms with Crippen LogP contribution in [0.1, 0.15) is 34.8 Å². The van der Waals surface area contributed by atoms with Crippen molar-refractivity contribution in [3.8, 4) is 0 Å². The first-order valence-corrected chi connectivity index (χ1v) is 10.1. The topological polar surface area (TPSA) is 79.9 Å². The van der Waals surface area contributed by atoms with E-state index < -0.39 is 10.8 Å². The highest BCUT2D eigenvalue weighted by atomic mass is 35.5. The molecule has 1 atom stereocenters. The number of hydrogen-bond acceptors (Lipinski definition) is 4. The fraction of sp³-hybridized carbons (Fsp3) is 0.381. The van der Waals surface area contributed by atoms with E-state index in [0.717, 1.165) is 37.2 Å². The number of benzene rings is 2. The zero-order valence-corrected chi connectivity index (χ0v) is 17.4. The van der Waals surface area contributed by atoms with Gasteiger partial charge >= 0.3 is 0 Å². The second kappa shape index (κ2) is 9.24. The lowest BCUT2D eigenvalue weighted by atomic mass is 10.0. The van der Waals surface area contributed by atoms with E-state index in [9.17, 15) is 14.9 Å². The number of amides is 1. The lowest BCUT2D eigenvalue weighted by Crippen LogP contribution is -3.11. The highest BCUT2D eigenvalue weighted by Gasteiger charge is 2.29. The number of likely N-dealkylation sites (tertiary alicyclic amines) is 1. The summed E-state index contributed by atoms with van der Waals surface area (Å²) in [5.74, 6) is -0.479. The Morgan fingerprint density at radius 2 is 1.86 bits per heavy atom. The Kier molecular flexibility index (Phi) is 6.71. The SMILES string of the molecule is CN(C)c1ccc([C@@H](CNC(=O)c2cc(Cl)ccc2[N+](=O)[O-])[NH+]2CCCC2)cc1. The molecule has 1 aliphatic heterocycles. The van der Waals surface area contributed by atoms with Crippen molar-refractivity contribution in [3.05, 3.63) is 68.7 Å². The van der Waals surface area contributed by atoms with Gasteiger partial charge in [0.2, 0.25) is 0 Å². The summed E-state index contributed by atoms with van der Waals surface area (Å²) in [4.78, 5) is 26.9. The molecule has 0 aromatic heterocycles. The average molecular weight is 418 g/mol. The van der Waals surface area contributed by atoms with Gasteiger partial charge in [-0.2, -0.15) is 0 Å². The van der Waals surface area contributed by atoms with Gasteiger partial charge in [-0.1, -0.05) is 23.7 Å². The molecular formula is C21H26ClN4O3+. The summed E-state index contributed by atoms with van der Waals surface area (Å²) in [6.07, 6.45) is 2.32. The Balaban J connectivity index is 1.79. The summed E-state index contributed by atoms with van der Waals surface area (Å²) in [7, 11) is 3.99. The smallest absolute Gasteiger partial charge is 0.282 e. The van der Waals surface area contributed by atoms with Crippen LogP contribution < -0.4 is 15.1 Å². The molecule has 1 saturated heterocycles. The van der Waals surface area contributed by atoms with Crippen molar-refractivity contribution < 1.29 is 14.6 Å². The van der Waals surface area contributed by atoms with Gasteiger partial charge in [0.25, 0.3) is 11.6 Å². The number of nitrogens with one attached hydrogen (secondary N) is 2. The highest BCUT2D eigenvalue weighted by Crippen LogP contribution is 2.23. The molecule has 29 heavy (non-hydrogen) atoms. The van der Waals surface area contributed by atoms with E-state index in [1.165, 1.54) is 23.1 Å². The average Bonchev–Trinajstić information content (AvgIpc) is 3.22. The minimum Gasteiger partial charge on any atom is -0.378 e. The number of halogens is 1. The lowest BCUT2D eigenvalue weighted by Gasteiger charge is -2.26. The lowest BCUT2D eigenvalue weighted by molar-refractivity contribution is -0.918. The molecule has 8 heteroatoms. The van der Waals surface area contributed by atoms with Crippen molar-refractivity contribution in [2.45, 2.75) is 18.9 Å². The van der Waals surface area contributed by atoms with Gasteiger partial charge in [-0.15, -0.1) is 0 Å². The zero-order chi connectivity index (χ0) is 21.0. The number of nitrogens with zero attached hydrogens (tertiary/aromatic N) is 2. The second-order valence-corrected chi connectivity index (χ2v) is 7.97. The monoisotopic (exact) mass is 417 g/mol. The molecule has 7 nitrogen and oxygen atoms in total. The first-order valence-electron chi connectivity index (χ1n) is 9.71. The summed E-state index contributed by atoms with van der Waals surface area (Å²) in [5, 5.41) is 14.5. The van der Waals surface area contributed by atoms with Crippen molar-refractivity contribution in [2.75, 3.05) is 38.6 Å². The summed E-state index contributed by atoms with van der Waals surface area (Å²) in [6, 6.07) is 12.5. The largest absolute Gasteiger partial charge is 0.378 e. The van der Waals surface area contributed by atoms with Gasteiger partial charge in [-0.25, -0.2) is 0 Å². The predicted octanol–water partition coefficient (Wildman–Crippen LogP) is 2.46. The maximum atomic E-state index is 12.7. The van der Waals surface area contributed by atoms with Gasteiger partial charge in [0.05, 0.1) is 24.6 Å². The number of carbonyl (C=O) groups excluding carboxylic acids is 1. The molecule has 1 amide bonds. The van der Waals surface area contributed by atoms with Crippen molar-refractivity contribution >= 4 is 28.9 Å². The first-order chi connectivity index (χ1) is 13.9. The Morgan fingerprint density at radius 1 is 1.21 bits per heavy atom. The Hall–Kier alpha value is -2.64. The third-order valence-corrected chi connectivity index (χ3v) is 5.65. The van der Waals surface area contributed by atoms with Crippen LogP contribution in [0.5, 0.6) is 0 Å². The van der Waals surface area contributed by atoms with Crippen molar-refractivity contribution in [1.29, 1.82) is 0 Å². The number of hydrogen-bond donors (Lipinski definition) is 2. The molecule has 2 aromatic carbocycles. The third kappa shape index (κ3) is 5.05. The molecule has 1 heterocycles. The van der Waals surface area contributed by atoms with Gasteiger partial charge in [-0.05, 0) is 24.3 Å². The molecular weight excluding hydrogens is 392 g/mol. The Morgan fingerprint density at radius 3 is 2.45 bits per heavy atom. The molecule has 154 valence electrons. The Bertz CT molecular complexity index is 880. The van der Waals surface area contributed by atoms with Crippen LogP contribution in [-0.4, -0.2) is 44.6 Å². The maximum Gasteiger partial charge on any atom is 0.282 e. The van der Waals surface area contributed by atoms with Crippen LogP contribution in [0.2, 0.25) is 5.02 Å². The van der Waals surface area contributed by atoms with Crippen LogP contribution in [0.25, 0.3) is 0 Å². The van der Waals surface area contributed by atoms with Crippen molar-refractivity contribution in [2.24, 2.45) is 0 Å². The van der Waals surface area contributed by atoms with E-state index in [1.54, 1.807) is 0 Å². The molecule has 0 aliphatic carbocycles. The highest BCUT2D eigenvalue weighted by molar-refractivity contribution is 6.31. The number of rotatable bonds is 7. The fourth-order valence-electron chi connectivity index (χ4n) is 3.82. The molecule has 0 bridgehead atoms. The molecule has 3 rings (SSSR count). The molecule has 0 spiro atoms. The molecule has 2 N–H and O–H groups in total. The summed E-state index contributed by atoms with van der Waals surface area (Å²) in [6.45, 7) is 2.50. The van der Waals surface area contributed by atoms with Gasteiger partial charge in [-0.3, -0.25) is 14.9 Å². The van der Waals surface area contributed by atoms with Crippen molar-refractivity contribution in [3.63, 3.8) is 0 Å². The van der Waals surface area contributed by atoms with Crippen LogP contribution in [-0.2, 0) is 0 Å². The quantitative estimate of drug-likeness (QED) is 0.535. The number of quaternary nitrogens is 1. The van der Waals surface area contributed by atoms with Gasteiger partial charge in [0.1, 0.15) is 11.6 Å². The van der Waals surface area contributed by atoms with Crippen LogP contribution >= 0.6 is 11.6 Å². The van der Waals surface area contributed by atoms with Gasteiger partial charge in [0, 0.05) is 49.3 Å². The minimum atomic E-state index is -0.561. The van der Waals surface area contributed by atoms with Gasteiger partial charge < -0.3 is 15.1 Å². The fourth-order valence-corrected chi connectivity index (χ4v) is 3.99. The molecule has 2 aromatic rings. The number of nitro groups is 1. The third-order valence-electron chi connectivity index (χ3n) is 5.42. The molecule has 1 aliphatic rings. The van der Waals surface area contributed by atoms with E-state index in [0.29, 0.717) is 11.6 Å². The van der Waals surface area contributed by atoms with E-state index in [-0.39, 0.29) is 17.3 Å². The molecule has 0 saturated carbocycles. The zero-order valence-electron chi connectivity index (χ0n) is 16.7.